The molecule has 0 atom stereocenters. The number of carbonyl (C=O) groups excluding carboxylic acids is 1. The van der Waals surface area contributed by atoms with Gasteiger partial charge in [-0.05, 0) is 12.1 Å². The van der Waals surface area contributed by atoms with Gasteiger partial charge in [0.1, 0.15) is 5.75 Å². The molecular formula is C8H6F3NO4S. The number of sulfonamides is 1. The third-order valence-electron chi connectivity index (χ3n) is 1.67. The number of rotatable bonds is 3. The van der Waals surface area contributed by atoms with E-state index in [2.05, 4.69) is 4.74 Å². The molecule has 1 rings (SSSR count). The van der Waals surface area contributed by atoms with Gasteiger partial charge in [0.2, 0.25) is 10.0 Å². The zero-order chi connectivity index (χ0) is 13.3. The topological polar surface area (TPSA) is 86.5 Å². The lowest BCUT2D eigenvalue weighted by atomic mass is 10.2. The Bertz CT molecular complexity index is 538. The van der Waals surface area contributed by atoms with E-state index in [4.69, 9.17) is 5.14 Å². The number of hydrogen-bond acceptors (Lipinski definition) is 4. The summed E-state index contributed by atoms with van der Waals surface area (Å²) in [6, 6.07) is 2.31. The molecule has 0 aromatic heterocycles. The van der Waals surface area contributed by atoms with E-state index in [1.807, 2.05) is 0 Å². The van der Waals surface area contributed by atoms with Crippen LogP contribution in [0.25, 0.3) is 0 Å². The Kier molecular flexibility index (Phi) is 3.43. The maximum Gasteiger partial charge on any atom is 0.573 e. The first-order valence-corrected chi connectivity index (χ1v) is 5.56. The van der Waals surface area contributed by atoms with Crippen LogP contribution in [0.15, 0.2) is 23.1 Å². The van der Waals surface area contributed by atoms with Crippen LogP contribution in [-0.4, -0.2) is 21.1 Å². The number of ether oxygens (including phenoxy) is 1. The highest BCUT2D eigenvalue weighted by molar-refractivity contribution is 7.89. The molecule has 0 fully saturated rings. The largest absolute Gasteiger partial charge is 0.573 e. The Morgan fingerprint density at radius 2 is 1.88 bits per heavy atom. The van der Waals surface area contributed by atoms with Crippen LogP contribution in [0.5, 0.6) is 5.75 Å². The van der Waals surface area contributed by atoms with Crippen molar-refractivity contribution >= 4 is 16.3 Å². The highest BCUT2D eigenvalue weighted by Crippen LogP contribution is 2.27. The number of halogens is 3. The summed E-state index contributed by atoms with van der Waals surface area (Å²) in [6.07, 6.45) is -4.93. The lowest BCUT2D eigenvalue weighted by Crippen LogP contribution is -2.19. The van der Waals surface area contributed by atoms with E-state index in [0.29, 0.717) is 6.07 Å². The maximum atomic E-state index is 12.0. The van der Waals surface area contributed by atoms with Crippen molar-refractivity contribution in [3.63, 3.8) is 0 Å². The van der Waals surface area contributed by atoms with Gasteiger partial charge in [0, 0.05) is 6.07 Å². The minimum Gasteiger partial charge on any atom is -0.405 e. The number of nitrogens with two attached hydrogens (primary N) is 1. The van der Waals surface area contributed by atoms with Gasteiger partial charge in [0.05, 0.1) is 10.5 Å². The van der Waals surface area contributed by atoms with E-state index in [-0.39, 0.29) is 6.29 Å². The van der Waals surface area contributed by atoms with Crippen LogP contribution in [0.2, 0.25) is 0 Å². The third kappa shape index (κ3) is 3.71. The Hall–Kier alpha value is -1.61. The van der Waals surface area contributed by atoms with Crippen molar-refractivity contribution in [2.75, 3.05) is 0 Å². The Balaban J connectivity index is 3.30. The smallest absolute Gasteiger partial charge is 0.405 e. The SMILES string of the molecule is NS(=O)(=O)c1ccc(C=O)c(OC(F)(F)F)c1. The van der Waals surface area contributed by atoms with Crippen molar-refractivity contribution < 1.29 is 31.1 Å². The molecule has 17 heavy (non-hydrogen) atoms. The van der Waals surface area contributed by atoms with Crippen LogP contribution in [0, 0.1) is 0 Å². The predicted molar refractivity (Wildman–Crippen MR) is 49.9 cm³/mol. The first-order chi connectivity index (χ1) is 7.63. The predicted octanol–water partition coefficient (Wildman–Crippen LogP) is 1.05. The molecular weight excluding hydrogens is 263 g/mol. The number of aldehydes is 1. The molecule has 0 aliphatic rings. The van der Waals surface area contributed by atoms with Gasteiger partial charge in [-0.2, -0.15) is 0 Å². The first-order valence-electron chi connectivity index (χ1n) is 4.01. The van der Waals surface area contributed by atoms with Crippen molar-refractivity contribution in [3.8, 4) is 5.75 Å². The second-order valence-electron chi connectivity index (χ2n) is 2.91. The van der Waals surface area contributed by atoms with E-state index >= 15 is 0 Å². The van der Waals surface area contributed by atoms with Crippen molar-refractivity contribution in [2.24, 2.45) is 5.14 Å². The van der Waals surface area contributed by atoms with E-state index in [1.54, 1.807) is 0 Å². The van der Waals surface area contributed by atoms with E-state index in [0.717, 1.165) is 12.1 Å². The molecule has 0 heterocycles. The molecule has 0 aliphatic carbocycles. The number of hydrogen-bond donors (Lipinski definition) is 1. The minimum absolute atomic E-state index is 0.105. The summed E-state index contributed by atoms with van der Waals surface area (Å²) in [4.78, 5) is 9.86. The van der Waals surface area contributed by atoms with Crippen LogP contribution in [0.4, 0.5) is 13.2 Å². The van der Waals surface area contributed by atoms with Gasteiger partial charge in [-0.15, -0.1) is 13.2 Å². The Morgan fingerprint density at radius 1 is 1.29 bits per heavy atom. The first kappa shape index (κ1) is 13.5. The third-order valence-corrected chi connectivity index (χ3v) is 2.58. The fraction of sp³-hybridized carbons (Fsp3) is 0.125. The maximum absolute atomic E-state index is 12.0. The second kappa shape index (κ2) is 4.34. The van der Waals surface area contributed by atoms with Gasteiger partial charge < -0.3 is 4.74 Å². The zero-order valence-electron chi connectivity index (χ0n) is 8.06. The summed E-state index contributed by atoms with van der Waals surface area (Å²) < 4.78 is 61.2. The Morgan fingerprint density at radius 3 is 2.29 bits per heavy atom. The van der Waals surface area contributed by atoms with Crippen LogP contribution in [-0.2, 0) is 10.0 Å². The van der Waals surface area contributed by atoms with Crippen molar-refractivity contribution in [2.45, 2.75) is 11.3 Å². The molecule has 1 aromatic carbocycles. The number of benzene rings is 1. The molecule has 5 nitrogen and oxygen atoms in total. The molecule has 0 spiro atoms. The van der Waals surface area contributed by atoms with Crippen molar-refractivity contribution in [1.82, 2.24) is 0 Å². The average molecular weight is 269 g/mol. The van der Waals surface area contributed by atoms with Gasteiger partial charge in [-0.25, -0.2) is 13.6 Å². The quantitative estimate of drug-likeness (QED) is 0.831. The van der Waals surface area contributed by atoms with Gasteiger partial charge in [0.25, 0.3) is 0 Å². The fourth-order valence-corrected chi connectivity index (χ4v) is 1.53. The molecule has 94 valence electrons. The number of alkyl halides is 3. The summed E-state index contributed by atoms with van der Waals surface area (Å²) in [5.74, 6) is -0.918. The molecule has 0 radical (unpaired) electrons. The molecule has 2 N–H and O–H groups in total. The average Bonchev–Trinajstić information content (AvgIpc) is 2.13. The fourth-order valence-electron chi connectivity index (χ4n) is 1.00. The highest BCUT2D eigenvalue weighted by atomic mass is 32.2. The summed E-state index contributed by atoms with van der Waals surface area (Å²) in [6.45, 7) is 0. The van der Waals surface area contributed by atoms with Gasteiger partial charge in [-0.3, -0.25) is 4.79 Å². The lowest BCUT2D eigenvalue weighted by molar-refractivity contribution is -0.274. The second-order valence-corrected chi connectivity index (χ2v) is 4.47. The van der Waals surface area contributed by atoms with Crippen LogP contribution < -0.4 is 9.88 Å². The van der Waals surface area contributed by atoms with E-state index in [9.17, 15) is 26.4 Å². The zero-order valence-corrected chi connectivity index (χ0v) is 8.88. The molecule has 0 saturated carbocycles. The van der Waals surface area contributed by atoms with Gasteiger partial charge in [-0.1, -0.05) is 0 Å². The molecule has 0 aliphatic heterocycles. The lowest BCUT2D eigenvalue weighted by Gasteiger charge is -2.11. The summed E-state index contributed by atoms with van der Waals surface area (Å²) in [7, 11) is -4.17. The van der Waals surface area contributed by atoms with Gasteiger partial charge in [0.15, 0.2) is 6.29 Å². The highest BCUT2D eigenvalue weighted by Gasteiger charge is 2.32. The number of carbonyl (C=O) groups is 1. The summed E-state index contributed by atoms with van der Waals surface area (Å²) in [5, 5.41) is 4.73. The molecule has 0 saturated heterocycles. The summed E-state index contributed by atoms with van der Waals surface area (Å²) in [5.41, 5.74) is -0.435. The Labute approximate surface area is 94.0 Å². The van der Waals surface area contributed by atoms with E-state index < -0.39 is 32.6 Å². The molecule has 0 amide bonds. The van der Waals surface area contributed by atoms with Crippen molar-refractivity contribution in [1.29, 1.82) is 0 Å². The number of primary sulfonamides is 1. The monoisotopic (exact) mass is 269 g/mol. The van der Waals surface area contributed by atoms with Crippen LogP contribution in [0.3, 0.4) is 0 Å². The molecule has 1 aromatic rings. The van der Waals surface area contributed by atoms with Gasteiger partial charge >= 0.3 is 6.36 Å². The normalized spacial score (nSPS) is 12.2. The molecule has 0 unspecified atom stereocenters. The van der Waals surface area contributed by atoms with Crippen molar-refractivity contribution in [3.05, 3.63) is 23.8 Å². The molecule has 0 bridgehead atoms. The van der Waals surface area contributed by atoms with Crippen LogP contribution >= 0.6 is 0 Å². The van der Waals surface area contributed by atoms with Crippen LogP contribution in [0.1, 0.15) is 10.4 Å². The van der Waals surface area contributed by atoms with E-state index in [1.165, 1.54) is 0 Å². The molecule has 9 heteroatoms. The summed E-state index contributed by atoms with van der Waals surface area (Å²) >= 11 is 0. The minimum atomic E-state index is -5.03. The standard InChI is InChI=1S/C8H6F3NO4S/c9-8(10,11)16-7-3-6(17(12,14)15)2-1-5(7)4-13/h1-4H,(H2,12,14,15).